The third-order valence-electron chi connectivity index (χ3n) is 3.80. The first-order chi connectivity index (χ1) is 11.5. The molecule has 0 radical (unpaired) electrons. The lowest BCUT2D eigenvalue weighted by atomic mass is 10.0. The summed E-state index contributed by atoms with van der Waals surface area (Å²) >= 11 is 6.38. The van der Waals surface area contributed by atoms with Crippen molar-refractivity contribution < 1.29 is 4.79 Å². The number of anilines is 3. The Balaban J connectivity index is 1.93. The lowest BCUT2D eigenvalue weighted by Gasteiger charge is -2.14. The number of nitrogens with two attached hydrogens (primary N) is 2. The van der Waals surface area contributed by atoms with Gasteiger partial charge in [0.2, 0.25) is 11.9 Å². The molecule has 24 heavy (non-hydrogen) atoms. The van der Waals surface area contributed by atoms with E-state index in [-0.39, 0.29) is 23.6 Å². The summed E-state index contributed by atoms with van der Waals surface area (Å²) in [6.45, 7) is 1.83. The number of nitrogen functional groups attached to an aromatic ring is 2. The zero-order chi connectivity index (χ0) is 17.3. The van der Waals surface area contributed by atoms with Gasteiger partial charge in [-0.05, 0) is 24.6 Å². The van der Waals surface area contributed by atoms with E-state index in [9.17, 15) is 4.79 Å². The normalized spacial score (nSPS) is 12.1. The molecule has 122 valence electrons. The second kappa shape index (κ2) is 6.33. The van der Waals surface area contributed by atoms with Crippen molar-refractivity contribution in [2.24, 2.45) is 0 Å². The average molecular weight is 342 g/mol. The van der Waals surface area contributed by atoms with Gasteiger partial charge in [0, 0.05) is 0 Å². The van der Waals surface area contributed by atoms with Crippen LogP contribution in [0.2, 0.25) is 5.02 Å². The fourth-order valence-corrected chi connectivity index (χ4v) is 2.76. The Kier molecular flexibility index (Phi) is 4.22. The van der Waals surface area contributed by atoms with Crippen molar-refractivity contribution in [3.8, 4) is 0 Å². The molecule has 3 aromatic rings. The summed E-state index contributed by atoms with van der Waals surface area (Å²) in [7, 11) is 0. The zero-order valence-electron chi connectivity index (χ0n) is 13.0. The molecule has 1 amide bonds. The molecular formula is C17H16ClN5O. The van der Waals surface area contributed by atoms with E-state index in [2.05, 4.69) is 15.3 Å². The average Bonchev–Trinajstić information content (AvgIpc) is 2.56. The number of benzene rings is 2. The number of amides is 1. The highest BCUT2D eigenvalue weighted by molar-refractivity contribution is 6.39. The van der Waals surface area contributed by atoms with Gasteiger partial charge in [0.25, 0.3) is 0 Å². The van der Waals surface area contributed by atoms with E-state index in [1.807, 2.05) is 37.3 Å². The molecule has 0 saturated carbocycles. The molecular weight excluding hydrogens is 326 g/mol. The van der Waals surface area contributed by atoms with E-state index >= 15 is 0 Å². The van der Waals surface area contributed by atoms with Crippen LogP contribution in [0.3, 0.4) is 0 Å². The Hall–Kier alpha value is -2.86. The van der Waals surface area contributed by atoms with Crippen molar-refractivity contribution in [2.75, 3.05) is 16.8 Å². The van der Waals surface area contributed by atoms with Gasteiger partial charge in [-0.1, -0.05) is 41.9 Å². The number of hydrogen-bond acceptors (Lipinski definition) is 5. The van der Waals surface area contributed by atoms with Gasteiger partial charge < -0.3 is 16.8 Å². The van der Waals surface area contributed by atoms with Gasteiger partial charge in [-0.25, -0.2) is 4.98 Å². The second-order valence-electron chi connectivity index (χ2n) is 5.41. The number of rotatable bonds is 3. The summed E-state index contributed by atoms with van der Waals surface area (Å²) in [5.41, 5.74) is 13.4. The molecule has 5 N–H and O–H groups in total. The largest absolute Gasteiger partial charge is 0.383 e. The van der Waals surface area contributed by atoms with Gasteiger partial charge in [-0.15, -0.1) is 0 Å². The molecule has 0 bridgehead atoms. The van der Waals surface area contributed by atoms with Gasteiger partial charge in [0.05, 0.1) is 27.5 Å². The number of carbonyl (C=O) groups excluding carboxylic acids is 1. The molecule has 1 atom stereocenters. The number of hydrogen-bond donors (Lipinski definition) is 3. The number of nitrogens with zero attached hydrogens (tertiary/aromatic N) is 2. The minimum Gasteiger partial charge on any atom is -0.383 e. The third-order valence-corrected chi connectivity index (χ3v) is 4.19. The van der Waals surface area contributed by atoms with E-state index in [0.717, 1.165) is 5.56 Å². The molecule has 0 aliphatic carbocycles. The van der Waals surface area contributed by atoms with Crippen LogP contribution in [0.5, 0.6) is 0 Å². The summed E-state index contributed by atoms with van der Waals surface area (Å²) in [5, 5.41) is 3.59. The SMILES string of the molecule is CC(C(=O)Nc1ccc2nc(N)nc(N)c2c1Cl)c1ccccc1. The molecule has 2 aromatic carbocycles. The smallest absolute Gasteiger partial charge is 0.231 e. The molecule has 0 spiro atoms. The van der Waals surface area contributed by atoms with Crippen molar-refractivity contribution in [3.63, 3.8) is 0 Å². The van der Waals surface area contributed by atoms with Crippen LogP contribution in [0, 0.1) is 0 Å². The molecule has 3 rings (SSSR count). The zero-order valence-corrected chi connectivity index (χ0v) is 13.7. The molecule has 1 heterocycles. The number of halogens is 1. The van der Waals surface area contributed by atoms with Crippen molar-refractivity contribution in [3.05, 3.63) is 53.1 Å². The molecule has 1 unspecified atom stereocenters. The van der Waals surface area contributed by atoms with Crippen molar-refractivity contribution in [1.29, 1.82) is 0 Å². The van der Waals surface area contributed by atoms with Crippen LogP contribution in [0.25, 0.3) is 10.9 Å². The van der Waals surface area contributed by atoms with Gasteiger partial charge in [0.1, 0.15) is 5.82 Å². The van der Waals surface area contributed by atoms with Crippen molar-refractivity contribution in [2.45, 2.75) is 12.8 Å². The maximum Gasteiger partial charge on any atom is 0.231 e. The predicted molar refractivity (Wildman–Crippen MR) is 96.9 cm³/mol. The molecule has 0 saturated heterocycles. The minimum absolute atomic E-state index is 0.0746. The lowest BCUT2D eigenvalue weighted by molar-refractivity contribution is -0.117. The third kappa shape index (κ3) is 2.96. The van der Waals surface area contributed by atoms with Crippen LogP contribution >= 0.6 is 11.6 Å². The standard InChI is InChI=1S/C17H16ClN5O/c1-9(10-5-3-2-4-6-10)16(24)21-12-8-7-11-13(14(12)18)15(19)23-17(20)22-11/h2-9H,1H3,(H,21,24)(H4,19,20,22,23). The van der Waals surface area contributed by atoms with E-state index in [4.69, 9.17) is 23.1 Å². The summed E-state index contributed by atoms with van der Waals surface area (Å²) < 4.78 is 0. The first-order valence-electron chi connectivity index (χ1n) is 7.34. The van der Waals surface area contributed by atoms with E-state index < -0.39 is 0 Å². The minimum atomic E-state index is -0.321. The van der Waals surface area contributed by atoms with Crippen LogP contribution in [0.4, 0.5) is 17.5 Å². The Morgan fingerprint density at radius 3 is 2.54 bits per heavy atom. The first-order valence-corrected chi connectivity index (χ1v) is 7.72. The summed E-state index contributed by atoms with van der Waals surface area (Å²) in [5.74, 6) is -0.240. The molecule has 0 aliphatic rings. The molecule has 0 fully saturated rings. The second-order valence-corrected chi connectivity index (χ2v) is 5.79. The first kappa shape index (κ1) is 16.0. The highest BCUT2D eigenvalue weighted by atomic mass is 35.5. The molecule has 0 aliphatic heterocycles. The van der Waals surface area contributed by atoms with Crippen LogP contribution in [-0.4, -0.2) is 15.9 Å². The van der Waals surface area contributed by atoms with Gasteiger partial charge in [-0.3, -0.25) is 4.79 Å². The number of nitrogens with one attached hydrogen (secondary N) is 1. The lowest BCUT2D eigenvalue weighted by Crippen LogP contribution is -2.19. The van der Waals surface area contributed by atoms with Crippen molar-refractivity contribution in [1.82, 2.24) is 9.97 Å². The van der Waals surface area contributed by atoms with Gasteiger partial charge in [0.15, 0.2) is 0 Å². The monoisotopic (exact) mass is 341 g/mol. The topological polar surface area (TPSA) is 107 Å². The van der Waals surface area contributed by atoms with Gasteiger partial charge in [-0.2, -0.15) is 4.98 Å². The quantitative estimate of drug-likeness (QED) is 0.678. The van der Waals surface area contributed by atoms with Crippen LogP contribution in [0.1, 0.15) is 18.4 Å². The van der Waals surface area contributed by atoms with E-state index in [1.165, 1.54) is 0 Å². The summed E-state index contributed by atoms with van der Waals surface area (Å²) in [6.07, 6.45) is 0. The Morgan fingerprint density at radius 1 is 1.12 bits per heavy atom. The van der Waals surface area contributed by atoms with Crippen LogP contribution in [0.15, 0.2) is 42.5 Å². The fraction of sp³-hybridized carbons (Fsp3) is 0.118. The number of carbonyl (C=O) groups is 1. The van der Waals surface area contributed by atoms with E-state index in [0.29, 0.717) is 21.6 Å². The number of fused-ring (bicyclic) bond motifs is 1. The van der Waals surface area contributed by atoms with Gasteiger partial charge >= 0.3 is 0 Å². The molecule has 7 heteroatoms. The summed E-state index contributed by atoms with van der Waals surface area (Å²) in [6, 6.07) is 12.9. The maximum absolute atomic E-state index is 12.5. The molecule has 6 nitrogen and oxygen atoms in total. The Labute approximate surface area is 143 Å². The van der Waals surface area contributed by atoms with Crippen LogP contribution < -0.4 is 16.8 Å². The summed E-state index contributed by atoms with van der Waals surface area (Å²) in [4.78, 5) is 20.5. The molecule has 1 aromatic heterocycles. The highest BCUT2D eigenvalue weighted by Gasteiger charge is 2.18. The highest BCUT2D eigenvalue weighted by Crippen LogP contribution is 2.34. The Morgan fingerprint density at radius 2 is 1.83 bits per heavy atom. The fourth-order valence-electron chi connectivity index (χ4n) is 2.46. The van der Waals surface area contributed by atoms with E-state index in [1.54, 1.807) is 12.1 Å². The van der Waals surface area contributed by atoms with Crippen molar-refractivity contribution >= 4 is 45.9 Å². The van der Waals surface area contributed by atoms with Crippen LogP contribution in [-0.2, 0) is 4.79 Å². The Bertz CT molecular complexity index is 914. The maximum atomic E-state index is 12.5. The predicted octanol–water partition coefficient (Wildman–Crippen LogP) is 3.19. The number of aromatic nitrogens is 2.